The average molecular weight is 287 g/mol. The normalized spacial score (nSPS) is 11.2. The van der Waals surface area contributed by atoms with Crippen molar-refractivity contribution < 1.29 is 73.8 Å². The molecule has 0 spiro atoms. The maximum atomic E-state index is 12.4. The van der Waals surface area contributed by atoms with Crippen molar-refractivity contribution in [3.63, 3.8) is 0 Å². The Morgan fingerprint density at radius 1 is 1.22 bits per heavy atom. The first-order valence-electron chi connectivity index (χ1n) is 5.29. The molecule has 0 aromatic carbocycles. The summed E-state index contributed by atoms with van der Waals surface area (Å²) in [6.07, 6.45) is 2.11. The summed E-state index contributed by atoms with van der Waals surface area (Å²) in [4.78, 5) is 3.49. The minimum atomic E-state index is -5.03. The van der Waals surface area contributed by atoms with Crippen LogP contribution in [0.3, 0.4) is 0 Å². The molecule has 0 saturated heterocycles. The second kappa shape index (κ2) is 8.55. The van der Waals surface area contributed by atoms with E-state index in [1.165, 1.54) is 6.20 Å². The molecule has 0 radical (unpaired) electrons. The minimum absolute atomic E-state index is 0. The quantitative estimate of drug-likeness (QED) is 0.494. The number of hydrogen-bond donors (Lipinski definition) is 0. The Bertz CT molecular complexity index is 363. The second-order valence-electron chi connectivity index (χ2n) is 3.80. The molecule has 1 aromatic rings. The first kappa shape index (κ1) is 18.4. The monoisotopic (exact) mass is 287 g/mol. The molecule has 0 aliphatic heterocycles. The Kier molecular flexibility index (Phi) is 8.74. The fraction of sp³-hybridized carbons (Fsp3) is 0.500. The van der Waals surface area contributed by atoms with Crippen LogP contribution >= 0.6 is 0 Å². The number of pyridine rings is 1. The first-order chi connectivity index (χ1) is 7.89. The molecule has 1 aromatic heterocycles. The van der Waals surface area contributed by atoms with Crippen molar-refractivity contribution in [1.29, 1.82) is 0 Å². The van der Waals surface area contributed by atoms with Gasteiger partial charge in [0.1, 0.15) is 12.4 Å². The molecule has 0 atom stereocenters. The van der Waals surface area contributed by atoms with E-state index in [4.69, 9.17) is 9.47 Å². The van der Waals surface area contributed by atoms with Gasteiger partial charge in [-0.3, -0.25) is 4.98 Å². The molecule has 3 nitrogen and oxygen atoms in total. The van der Waals surface area contributed by atoms with Gasteiger partial charge in [-0.05, 0) is 19.9 Å². The maximum Gasteiger partial charge on any atom is 1.00 e. The van der Waals surface area contributed by atoms with Gasteiger partial charge in [-0.2, -0.15) is 0 Å². The van der Waals surface area contributed by atoms with Crippen LogP contribution in [0.15, 0.2) is 18.5 Å². The Labute approximate surface area is 147 Å². The third-order valence-corrected chi connectivity index (χ3v) is 1.92. The van der Waals surface area contributed by atoms with Crippen molar-refractivity contribution in [3.8, 4) is 5.75 Å². The molecule has 0 aliphatic rings. The van der Waals surface area contributed by atoms with Crippen LogP contribution in [0.2, 0.25) is 0 Å². The summed E-state index contributed by atoms with van der Waals surface area (Å²) in [5.41, 5.74) is -0.757. The van der Waals surface area contributed by atoms with Gasteiger partial charge in [-0.25, -0.2) is 0 Å². The SMILES string of the molecule is CC(C)OCCOc1cncc([B-](F)(F)F)c1.[K+]. The molecule has 0 unspecified atom stereocenters. The molecule has 0 aliphatic carbocycles. The van der Waals surface area contributed by atoms with Gasteiger partial charge in [0.15, 0.2) is 0 Å². The maximum absolute atomic E-state index is 12.4. The summed E-state index contributed by atoms with van der Waals surface area (Å²) in [6.45, 7) is -0.759. The van der Waals surface area contributed by atoms with Crippen molar-refractivity contribution >= 4 is 12.4 Å². The summed E-state index contributed by atoms with van der Waals surface area (Å²) in [5.74, 6) is 0.106. The first-order valence-corrected chi connectivity index (χ1v) is 5.29. The van der Waals surface area contributed by atoms with E-state index in [2.05, 4.69) is 4.98 Å². The van der Waals surface area contributed by atoms with Gasteiger partial charge in [0.2, 0.25) is 0 Å². The van der Waals surface area contributed by atoms with Crippen LogP contribution in [-0.4, -0.2) is 31.3 Å². The van der Waals surface area contributed by atoms with Crippen molar-refractivity contribution in [1.82, 2.24) is 4.98 Å². The van der Waals surface area contributed by atoms with E-state index in [0.29, 0.717) is 6.61 Å². The Morgan fingerprint density at radius 2 is 1.89 bits per heavy atom. The molecule has 1 rings (SSSR count). The third-order valence-electron chi connectivity index (χ3n) is 1.92. The molecular weight excluding hydrogens is 273 g/mol. The molecule has 0 N–H and O–H groups in total. The van der Waals surface area contributed by atoms with E-state index in [0.717, 1.165) is 12.3 Å². The van der Waals surface area contributed by atoms with Crippen molar-refractivity contribution in [3.05, 3.63) is 18.5 Å². The Hall–Kier alpha value is 0.401. The van der Waals surface area contributed by atoms with Crippen LogP contribution in [0.4, 0.5) is 12.9 Å². The number of aromatic nitrogens is 1. The molecule has 0 amide bonds. The molecule has 0 bridgehead atoms. The number of halogens is 3. The molecule has 8 heteroatoms. The number of nitrogens with zero attached hydrogens (tertiary/aromatic N) is 1. The summed E-state index contributed by atoms with van der Waals surface area (Å²) in [5, 5.41) is 0. The molecule has 0 fully saturated rings. The fourth-order valence-corrected chi connectivity index (χ4v) is 1.14. The topological polar surface area (TPSA) is 31.4 Å². The molecule has 18 heavy (non-hydrogen) atoms. The Balaban J connectivity index is 0.00000289. The van der Waals surface area contributed by atoms with E-state index in [1.807, 2.05) is 13.8 Å². The van der Waals surface area contributed by atoms with E-state index < -0.39 is 12.4 Å². The van der Waals surface area contributed by atoms with Gasteiger partial charge in [-0.15, -0.1) is 0 Å². The summed E-state index contributed by atoms with van der Waals surface area (Å²) >= 11 is 0. The second-order valence-corrected chi connectivity index (χ2v) is 3.80. The van der Waals surface area contributed by atoms with Crippen molar-refractivity contribution in [2.24, 2.45) is 0 Å². The zero-order valence-electron chi connectivity index (χ0n) is 10.7. The minimum Gasteiger partial charge on any atom is -0.490 e. The van der Waals surface area contributed by atoms with Gasteiger partial charge < -0.3 is 22.4 Å². The van der Waals surface area contributed by atoms with E-state index in [1.54, 1.807) is 0 Å². The van der Waals surface area contributed by atoms with E-state index >= 15 is 0 Å². The van der Waals surface area contributed by atoms with Gasteiger partial charge in [0.25, 0.3) is 0 Å². The average Bonchev–Trinajstić information content (AvgIpc) is 2.23. The third kappa shape index (κ3) is 7.10. The van der Waals surface area contributed by atoms with Crippen LogP contribution in [0.1, 0.15) is 13.8 Å². The van der Waals surface area contributed by atoms with Crippen LogP contribution in [0.25, 0.3) is 0 Å². The number of rotatable bonds is 6. The van der Waals surface area contributed by atoms with Crippen LogP contribution in [0, 0.1) is 0 Å². The fourth-order valence-electron chi connectivity index (χ4n) is 1.14. The van der Waals surface area contributed by atoms with Gasteiger partial charge in [-0.1, -0.05) is 5.46 Å². The zero-order chi connectivity index (χ0) is 12.9. The summed E-state index contributed by atoms with van der Waals surface area (Å²) < 4.78 is 47.5. The van der Waals surface area contributed by atoms with Crippen molar-refractivity contribution in [2.45, 2.75) is 20.0 Å². The smallest absolute Gasteiger partial charge is 0.490 e. The predicted molar refractivity (Wildman–Crippen MR) is 59.5 cm³/mol. The van der Waals surface area contributed by atoms with Gasteiger partial charge in [0.05, 0.1) is 18.9 Å². The largest absolute Gasteiger partial charge is 1.00 e. The standard InChI is InChI=1S/C10H14BF3NO2.K/c1-8(2)16-3-4-17-10-5-9(6-15-7-10)11(12,13)14;/h5-8H,3-4H2,1-2H3;/q-1;+1. The van der Waals surface area contributed by atoms with Gasteiger partial charge in [0, 0.05) is 6.20 Å². The molecule has 0 saturated carbocycles. The van der Waals surface area contributed by atoms with Crippen molar-refractivity contribution in [2.75, 3.05) is 13.2 Å². The number of hydrogen-bond acceptors (Lipinski definition) is 3. The van der Waals surface area contributed by atoms with Crippen LogP contribution < -0.4 is 61.6 Å². The number of ether oxygens (including phenoxy) is 2. The van der Waals surface area contributed by atoms with E-state index in [9.17, 15) is 12.9 Å². The Morgan fingerprint density at radius 3 is 2.44 bits per heavy atom. The summed E-state index contributed by atoms with van der Waals surface area (Å²) in [6, 6.07) is 0.947. The molecule has 1 heterocycles. The zero-order valence-corrected chi connectivity index (χ0v) is 13.8. The molecule has 96 valence electrons. The van der Waals surface area contributed by atoms with Gasteiger partial charge >= 0.3 is 58.4 Å². The van der Waals surface area contributed by atoms with Crippen LogP contribution in [0.5, 0.6) is 5.75 Å². The molecular formula is C10H14BF3KNO2. The van der Waals surface area contributed by atoms with E-state index in [-0.39, 0.29) is 69.8 Å². The summed E-state index contributed by atoms with van der Waals surface area (Å²) in [7, 11) is 0. The predicted octanol–water partition coefficient (Wildman–Crippen LogP) is -1.06. The van der Waals surface area contributed by atoms with Crippen LogP contribution in [-0.2, 0) is 4.74 Å².